The molecule has 0 heterocycles. The predicted molar refractivity (Wildman–Crippen MR) is 91.1 cm³/mol. The van der Waals surface area contributed by atoms with E-state index >= 15 is 0 Å². The number of methoxy groups -OCH3 is 1. The van der Waals surface area contributed by atoms with Gasteiger partial charge in [0.1, 0.15) is 6.04 Å². The lowest BCUT2D eigenvalue weighted by molar-refractivity contribution is -0.145. The van der Waals surface area contributed by atoms with Gasteiger partial charge in [0.25, 0.3) is 0 Å². The van der Waals surface area contributed by atoms with Crippen LogP contribution in [0, 0.1) is 0 Å². The summed E-state index contributed by atoms with van der Waals surface area (Å²) in [6.07, 6.45) is 2.70. The van der Waals surface area contributed by atoms with Gasteiger partial charge >= 0.3 is 5.97 Å². The second-order valence-electron chi connectivity index (χ2n) is 5.64. The van der Waals surface area contributed by atoms with Crippen molar-refractivity contribution < 1.29 is 14.3 Å². The van der Waals surface area contributed by atoms with E-state index in [1.54, 1.807) is 0 Å². The molecule has 0 aliphatic rings. The first-order valence-corrected chi connectivity index (χ1v) is 7.99. The third kappa shape index (κ3) is 4.81. The summed E-state index contributed by atoms with van der Waals surface area (Å²) in [5, 5.41) is 5.04. The molecule has 1 amide bonds. The van der Waals surface area contributed by atoms with Crippen molar-refractivity contribution in [2.24, 2.45) is 0 Å². The van der Waals surface area contributed by atoms with Crippen molar-refractivity contribution in [3.63, 3.8) is 0 Å². The Hall–Kier alpha value is -2.36. The topological polar surface area (TPSA) is 55.4 Å². The number of fused-ring (bicyclic) bond motifs is 1. The Kier molecular flexibility index (Phi) is 6.15. The molecule has 0 aliphatic heterocycles. The maximum absolute atomic E-state index is 12.2. The molecule has 122 valence electrons. The van der Waals surface area contributed by atoms with E-state index in [0.29, 0.717) is 6.42 Å². The van der Waals surface area contributed by atoms with Crippen molar-refractivity contribution >= 4 is 22.6 Å². The van der Waals surface area contributed by atoms with E-state index in [1.807, 2.05) is 49.4 Å². The fourth-order valence-electron chi connectivity index (χ4n) is 2.58. The van der Waals surface area contributed by atoms with Crippen LogP contribution in [0.2, 0.25) is 0 Å². The summed E-state index contributed by atoms with van der Waals surface area (Å²) in [4.78, 5) is 24.0. The summed E-state index contributed by atoms with van der Waals surface area (Å²) in [7, 11) is 1.34. The summed E-state index contributed by atoms with van der Waals surface area (Å²) >= 11 is 0. The van der Waals surface area contributed by atoms with E-state index in [0.717, 1.165) is 29.2 Å². The smallest absolute Gasteiger partial charge is 0.328 e. The molecule has 0 spiro atoms. The van der Waals surface area contributed by atoms with E-state index in [2.05, 4.69) is 5.32 Å². The number of hydrogen-bond acceptors (Lipinski definition) is 3. The Morgan fingerprint density at radius 1 is 1.13 bits per heavy atom. The molecule has 0 saturated carbocycles. The van der Waals surface area contributed by atoms with E-state index in [1.165, 1.54) is 7.11 Å². The molecule has 0 saturated heterocycles. The Labute approximate surface area is 136 Å². The van der Waals surface area contributed by atoms with Crippen LogP contribution in [0.1, 0.15) is 31.7 Å². The van der Waals surface area contributed by atoms with Gasteiger partial charge in [0.05, 0.1) is 13.5 Å². The van der Waals surface area contributed by atoms with E-state index in [9.17, 15) is 9.59 Å². The summed E-state index contributed by atoms with van der Waals surface area (Å²) in [6, 6.07) is 13.4. The zero-order chi connectivity index (χ0) is 16.7. The summed E-state index contributed by atoms with van der Waals surface area (Å²) in [5.41, 5.74) is 0.931. The third-order valence-corrected chi connectivity index (χ3v) is 3.85. The fraction of sp³-hybridized carbons (Fsp3) is 0.368. The van der Waals surface area contributed by atoms with Crippen LogP contribution in [0.3, 0.4) is 0 Å². The predicted octanol–water partition coefficient (Wildman–Crippen LogP) is 3.23. The Morgan fingerprint density at radius 3 is 2.57 bits per heavy atom. The molecular weight excluding hydrogens is 290 g/mol. The average Bonchev–Trinajstić information content (AvgIpc) is 2.57. The quantitative estimate of drug-likeness (QED) is 0.798. The van der Waals surface area contributed by atoms with Crippen LogP contribution >= 0.6 is 0 Å². The molecule has 0 aromatic heterocycles. The van der Waals surface area contributed by atoms with Crippen molar-refractivity contribution in [3.05, 3.63) is 48.0 Å². The summed E-state index contributed by atoms with van der Waals surface area (Å²) < 4.78 is 4.76. The van der Waals surface area contributed by atoms with Crippen molar-refractivity contribution in [2.45, 2.75) is 38.6 Å². The molecule has 2 aromatic rings. The van der Waals surface area contributed by atoms with Gasteiger partial charge in [-0.25, -0.2) is 4.79 Å². The minimum absolute atomic E-state index is 0.160. The van der Waals surface area contributed by atoms with Crippen LogP contribution < -0.4 is 5.32 Å². The first kappa shape index (κ1) is 17.0. The molecule has 0 unspecified atom stereocenters. The Balaban J connectivity index is 2.02. The monoisotopic (exact) mass is 313 g/mol. The van der Waals surface area contributed by atoms with Crippen molar-refractivity contribution in [1.82, 2.24) is 5.32 Å². The largest absolute Gasteiger partial charge is 0.467 e. The van der Waals surface area contributed by atoms with Gasteiger partial charge in [0, 0.05) is 0 Å². The normalized spacial score (nSPS) is 11.9. The molecule has 0 aliphatic carbocycles. The molecule has 0 radical (unpaired) electrons. The maximum atomic E-state index is 12.2. The number of carbonyl (C=O) groups is 2. The average molecular weight is 313 g/mol. The number of ether oxygens (including phenoxy) is 1. The number of nitrogens with one attached hydrogen (secondary N) is 1. The van der Waals surface area contributed by atoms with Crippen LogP contribution in [0.25, 0.3) is 10.8 Å². The highest BCUT2D eigenvalue weighted by Gasteiger charge is 2.20. The molecule has 2 rings (SSSR count). The SMILES string of the molecule is CCCC[C@@H](NC(=O)Cc1ccc2ccccc2c1)C(=O)OC. The first-order valence-electron chi connectivity index (χ1n) is 7.99. The second kappa shape index (κ2) is 8.32. The van der Waals surface area contributed by atoms with Crippen molar-refractivity contribution in [1.29, 1.82) is 0 Å². The number of esters is 1. The van der Waals surface area contributed by atoms with Gasteiger partial charge in [-0.05, 0) is 22.8 Å². The molecule has 0 bridgehead atoms. The van der Waals surface area contributed by atoms with Crippen LogP contribution in [-0.2, 0) is 20.7 Å². The number of hydrogen-bond donors (Lipinski definition) is 1. The minimum Gasteiger partial charge on any atom is -0.467 e. The van der Waals surface area contributed by atoms with Crippen LogP contribution in [0.4, 0.5) is 0 Å². The molecule has 4 nitrogen and oxygen atoms in total. The van der Waals surface area contributed by atoms with E-state index < -0.39 is 6.04 Å². The molecule has 0 fully saturated rings. The standard InChI is InChI=1S/C19H23NO3/c1-3-4-9-17(19(22)23-2)20-18(21)13-14-10-11-15-7-5-6-8-16(15)12-14/h5-8,10-12,17H,3-4,9,13H2,1-2H3,(H,20,21)/t17-/m1/s1. The zero-order valence-corrected chi connectivity index (χ0v) is 13.7. The number of amides is 1. The molecule has 1 N–H and O–H groups in total. The van der Waals surface area contributed by atoms with Gasteiger partial charge in [-0.2, -0.15) is 0 Å². The molecule has 2 aromatic carbocycles. The lowest BCUT2D eigenvalue weighted by Crippen LogP contribution is -2.42. The highest BCUT2D eigenvalue weighted by Crippen LogP contribution is 2.16. The highest BCUT2D eigenvalue weighted by molar-refractivity contribution is 5.87. The maximum Gasteiger partial charge on any atom is 0.328 e. The van der Waals surface area contributed by atoms with Gasteiger partial charge in [0.15, 0.2) is 0 Å². The molecule has 1 atom stereocenters. The van der Waals surface area contributed by atoms with Gasteiger partial charge < -0.3 is 10.1 Å². The highest BCUT2D eigenvalue weighted by atomic mass is 16.5. The number of benzene rings is 2. The summed E-state index contributed by atoms with van der Waals surface area (Å²) in [5.74, 6) is -0.544. The lowest BCUT2D eigenvalue weighted by atomic mass is 10.0. The molecule has 4 heteroatoms. The number of rotatable bonds is 7. The molecular formula is C19H23NO3. The Bertz CT molecular complexity index is 681. The third-order valence-electron chi connectivity index (χ3n) is 3.85. The minimum atomic E-state index is -0.562. The van der Waals surface area contributed by atoms with Crippen LogP contribution in [-0.4, -0.2) is 25.0 Å². The van der Waals surface area contributed by atoms with Gasteiger partial charge in [-0.1, -0.05) is 62.2 Å². The summed E-state index contributed by atoms with van der Waals surface area (Å²) in [6.45, 7) is 2.05. The second-order valence-corrected chi connectivity index (χ2v) is 5.64. The zero-order valence-electron chi connectivity index (χ0n) is 13.7. The fourth-order valence-corrected chi connectivity index (χ4v) is 2.58. The van der Waals surface area contributed by atoms with E-state index in [-0.39, 0.29) is 18.3 Å². The van der Waals surface area contributed by atoms with Crippen molar-refractivity contribution in [3.8, 4) is 0 Å². The van der Waals surface area contributed by atoms with Crippen molar-refractivity contribution in [2.75, 3.05) is 7.11 Å². The Morgan fingerprint density at radius 2 is 1.87 bits per heavy atom. The lowest BCUT2D eigenvalue weighted by Gasteiger charge is -2.16. The van der Waals surface area contributed by atoms with Crippen LogP contribution in [0.5, 0.6) is 0 Å². The molecule has 23 heavy (non-hydrogen) atoms. The van der Waals surface area contributed by atoms with Gasteiger partial charge in [0.2, 0.25) is 5.91 Å². The van der Waals surface area contributed by atoms with Gasteiger partial charge in [-0.15, -0.1) is 0 Å². The number of unbranched alkanes of at least 4 members (excludes halogenated alkanes) is 1. The first-order chi connectivity index (χ1) is 11.1. The van der Waals surface area contributed by atoms with E-state index in [4.69, 9.17) is 4.74 Å². The number of carbonyl (C=O) groups excluding carboxylic acids is 2. The van der Waals surface area contributed by atoms with Gasteiger partial charge in [-0.3, -0.25) is 4.79 Å². The van der Waals surface area contributed by atoms with Crippen LogP contribution in [0.15, 0.2) is 42.5 Å².